The predicted octanol–water partition coefficient (Wildman–Crippen LogP) is 1.94. The summed E-state index contributed by atoms with van der Waals surface area (Å²) in [5.41, 5.74) is 1.21. The minimum Gasteiger partial charge on any atom is -0.489 e. The lowest BCUT2D eigenvalue weighted by Crippen LogP contribution is -2.48. The number of amides is 1. The van der Waals surface area contributed by atoms with Crippen LogP contribution in [0, 0.1) is 6.92 Å². The number of piperazine rings is 1. The highest BCUT2D eigenvalue weighted by Crippen LogP contribution is 2.17. The van der Waals surface area contributed by atoms with Gasteiger partial charge in [0.2, 0.25) is 5.91 Å². The van der Waals surface area contributed by atoms with Gasteiger partial charge in [0.1, 0.15) is 29.8 Å². The van der Waals surface area contributed by atoms with E-state index < -0.39 is 0 Å². The summed E-state index contributed by atoms with van der Waals surface area (Å²) >= 11 is 0. The molecule has 3 rings (SSSR count). The van der Waals surface area contributed by atoms with Gasteiger partial charge in [-0.25, -0.2) is 9.97 Å². The van der Waals surface area contributed by atoms with Crippen molar-refractivity contribution in [1.82, 2.24) is 14.9 Å². The number of benzene rings is 1. The summed E-state index contributed by atoms with van der Waals surface area (Å²) in [5, 5.41) is 3.28. The molecule has 7 heteroatoms. The van der Waals surface area contributed by atoms with Crippen molar-refractivity contribution in [3.8, 4) is 5.75 Å². The molecule has 1 saturated heterocycles. The number of carbonyl (C=O) groups is 1. The van der Waals surface area contributed by atoms with E-state index in [0.29, 0.717) is 19.6 Å². The minimum atomic E-state index is -0.0127. The molecule has 0 aliphatic carbocycles. The fourth-order valence-corrected chi connectivity index (χ4v) is 2.71. The Balaban J connectivity index is 1.55. The normalized spacial score (nSPS) is 15.7. The molecule has 0 bridgehead atoms. The highest BCUT2D eigenvalue weighted by molar-refractivity contribution is 5.82. The molecule has 1 aliphatic heterocycles. The number of nitrogens with one attached hydrogen (secondary N) is 1. The molecule has 1 atom stereocenters. The molecule has 1 N–H and O–H groups in total. The van der Waals surface area contributed by atoms with Crippen molar-refractivity contribution in [3.63, 3.8) is 0 Å². The van der Waals surface area contributed by atoms with Gasteiger partial charge in [-0.1, -0.05) is 17.7 Å². The van der Waals surface area contributed by atoms with Gasteiger partial charge < -0.3 is 19.9 Å². The second-order valence-corrected chi connectivity index (χ2v) is 6.62. The van der Waals surface area contributed by atoms with Crippen LogP contribution in [0.1, 0.15) is 12.5 Å². The third kappa shape index (κ3) is 4.62. The number of nitrogens with zero attached hydrogens (tertiary/aromatic N) is 4. The van der Waals surface area contributed by atoms with E-state index >= 15 is 0 Å². The topological polar surface area (TPSA) is 70.6 Å². The zero-order valence-electron chi connectivity index (χ0n) is 15.5. The van der Waals surface area contributed by atoms with Gasteiger partial charge in [-0.05, 0) is 26.0 Å². The Morgan fingerprint density at radius 3 is 2.73 bits per heavy atom. The molecular formula is C19H25N5O2. The smallest absolute Gasteiger partial charge is 0.241 e. The summed E-state index contributed by atoms with van der Waals surface area (Å²) in [7, 11) is 1.82. The first-order valence-corrected chi connectivity index (χ1v) is 8.79. The van der Waals surface area contributed by atoms with E-state index in [4.69, 9.17) is 4.74 Å². The van der Waals surface area contributed by atoms with Crippen molar-refractivity contribution in [3.05, 3.63) is 42.2 Å². The number of aryl methyl sites for hydroxylation is 1. The van der Waals surface area contributed by atoms with Gasteiger partial charge in [0, 0.05) is 26.2 Å². The first-order chi connectivity index (χ1) is 12.5. The van der Waals surface area contributed by atoms with Crippen LogP contribution in [0.2, 0.25) is 0 Å². The van der Waals surface area contributed by atoms with Gasteiger partial charge in [-0.3, -0.25) is 4.79 Å². The van der Waals surface area contributed by atoms with Crippen molar-refractivity contribution < 1.29 is 9.53 Å². The van der Waals surface area contributed by atoms with Crippen LogP contribution in [-0.4, -0.2) is 60.1 Å². The highest BCUT2D eigenvalue weighted by Gasteiger charge is 2.22. The van der Waals surface area contributed by atoms with E-state index in [9.17, 15) is 4.79 Å². The molecule has 26 heavy (non-hydrogen) atoms. The standard InChI is InChI=1S/C19H25N5O2/c1-14-4-6-16(7-5-14)26-15(2)11-20-17-10-18(22-13-21-17)24-9-8-23(3)19(25)12-24/h4-7,10,13,15H,8-9,11-12H2,1-3H3,(H,20,21,22). The van der Waals surface area contributed by atoms with Crippen LogP contribution in [0.4, 0.5) is 11.6 Å². The van der Waals surface area contributed by atoms with Crippen molar-refractivity contribution in [2.45, 2.75) is 20.0 Å². The Morgan fingerprint density at radius 1 is 1.23 bits per heavy atom. The Kier molecular flexibility index (Phi) is 5.55. The van der Waals surface area contributed by atoms with Crippen molar-refractivity contribution >= 4 is 17.5 Å². The Labute approximate surface area is 154 Å². The zero-order chi connectivity index (χ0) is 18.5. The SMILES string of the molecule is Cc1ccc(OC(C)CNc2cc(N3CCN(C)C(=O)C3)ncn2)cc1. The van der Waals surface area contributed by atoms with Crippen molar-refractivity contribution in [2.24, 2.45) is 0 Å². The van der Waals surface area contributed by atoms with E-state index in [1.54, 1.807) is 4.90 Å². The number of rotatable bonds is 6. The van der Waals surface area contributed by atoms with Gasteiger partial charge in [0.15, 0.2) is 0 Å². The number of aromatic nitrogens is 2. The largest absolute Gasteiger partial charge is 0.489 e. The molecule has 0 spiro atoms. The average molecular weight is 355 g/mol. The maximum absolute atomic E-state index is 11.9. The van der Waals surface area contributed by atoms with Crippen LogP contribution in [0.25, 0.3) is 0 Å². The third-order valence-electron chi connectivity index (χ3n) is 4.36. The molecule has 1 aliphatic rings. The lowest BCUT2D eigenvalue weighted by atomic mass is 10.2. The maximum atomic E-state index is 11.9. The first kappa shape index (κ1) is 18.0. The molecule has 2 aromatic rings. The summed E-state index contributed by atoms with van der Waals surface area (Å²) < 4.78 is 5.90. The number of ether oxygens (including phenoxy) is 1. The Hall–Kier alpha value is -2.83. The monoisotopic (exact) mass is 355 g/mol. The molecular weight excluding hydrogens is 330 g/mol. The molecule has 138 valence electrons. The first-order valence-electron chi connectivity index (χ1n) is 8.79. The second-order valence-electron chi connectivity index (χ2n) is 6.62. The molecule has 1 unspecified atom stereocenters. The molecule has 0 radical (unpaired) electrons. The number of carbonyl (C=O) groups excluding carboxylic acids is 1. The van der Waals surface area contributed by atoms with Gasteiger partial charge >= 0.3 is 0 Å². The van der Waals surface area contributed by atoms with Gasteiger partial charge in [-0.15, -0.1) is 0 Å². The molecule has 1 aromatic heterocycles. The molecule has 1 aromatic carbocycles. The van der Waals surface area contributed by atoms with Gasteiger partial charge in [-0.2, -0.15) is 0 Å². The lowest BCUT2D eigenvalue weighted by Gasteiger charge is -2.32. The Morgan fingerprint density at radius 2 is 2.00 bits per heavy atom. The van der Waals surface area contributed by atoms with Crippen molar-refractivity contribution in [2.75, 3.05) is 43.4 Å². The molecule has 1 amide bonds. The van der Waals surface area contributed by atoms with E-state index in [2.05, 4.69) is 22.2 Å². The average Bonchev–Trinajstić information content (AvgIpc) is 2.64. The summed E-state index contributed by atoms with van der Waals surface area (Å²) in [4.78, 5) is 24.1. The lowest BCUT2D eigenvalue weighted by molar-refractivity contribution is -0.129. The van der Waals surface area contributed by atoms with Gasteiger partial charge in [0.05, 0.1) is 13.1 Å². The molecule has 1 fully saturated rings. The van der Waals surface area contributed by atoms with Crippen LogP contribution in [0.3, 0.4) is 0 Å². The van der Waals surface area contributed by atoms with Crippen molar-refractivity contribution in [1.29, 1.82) is 0 Å². The second kappa shape index (κ2) is 8.03. The number of hydrogen-bond donors (Lipinski definition) is 1. The zero-order valence-corrected chi connectivity index (χ0v) is 15.5. The summed E-state index contributed by atoms with van der Waals surface area (Å²) in [5.74, 6) is 2.44. The quantitative estimate of drug-likeness (QED) is 0.854. The van der Waals surface area contributed by atoms with E-state index in [-0.39, 0.29) is 12.0 Å². The fourth-order valence-electron chi connectivity index (χ4n) is 2.71. The number of likely N-dealkylation sites (N-methyl/N-ethyl adjacent to an activating group) is 1. The van der Waals surface area contributed by atoms with Crippen LogP contribution in [-0.2, 0) is 4.79 Å². The molecule has 7 nitrogen and oxygen atoms in total. The predicted molar refractivity (Wildman–Crippen MR) is 102 cm³/mol. The Bertz CT molecular complexity index is 750. The van der Waals surface area contributed by atoms with Crippen LogP contribution < -0.4 is 15.0 Å². The highest BCUT2D eigenvalue weighted by atomic mass is 16.5. The molecule has 0 saturated carbocycles. The number of hydrogen-bond acceptors (Lipinski definition) is 6. The third-order valence-corrected chi connectivity index (χ3v) is 4.36. The summed E-state index contributed by atoms with van der Waals surface area (Å²) in [6.45, 7) is 6.49. The van der Waals surface area contributed by atoms with Crippen LogP contribution in [0.5, 0.6) is 5.75 Å². The fraction of sp³-hybridized carbons (Fsp3) is 0.421. The van der Waals surface area contributed by atoms with Gasteiger partial charge in [0.25, 0.3) is 0 Å². The molecule has 2 heterocycles. The van der Waals surface area contributed by atoms with Crippen LogP contribution >= 0.6 is 0 Å². The van der Waals surface area contributed by atoms with E-state index in [1.165, 1.54) is 11.9 Å². The minimum absolute atomic E-state index is 0.0127. The van der Waals surface area contributed by atoms with E-state index in [1.807, 2.05) is 49.2 Å². The number of anilines is 2. The van der Waals surface area contributed by atoms with Crippen LogP contribution in [0.15, 0.2) is 36.7 Å². The maximum Gasteiger partial charge on any atom is 0.241 e. The van der Waals surface area contributed by atoms with E-state index in [0.717, 1.165) is 23.9 Å². The summed E-state index contributed by atoms with van der Waals surface area (Å²) in [6, 6.07) is 9.88. The summed E-state index contributed by atoms with van der Waals surface area (Å²) in [6.07, 6.45) is 1.51.